The van der Waals surface area contributed by atoms with Gasteiger partial charge in [0.1, 0.15) is 0 Å². The third-order valence-corrected chi connectivity index (χ3v) is 13.0. The Kier molecular flexibility index (Phi) is 12.2. The van der Waals surface area contributed by atoms with Crippen LogP contribution in [0.3, 0.4) is 0 Å². The number of rotatable bonds is 11. The van der Waals surface area contributed by atoms with Gasteiger partial charge in [-0.3, -0.25) is 0 Å². The first-order valence-electron chi connectivity index (χ1n) is 24.0. The molecule has 3 nitrogen and oxygen atoms in total. The summed E-state index contributed by atoms with van der Waals surface area (Å²) in [5.74, 6) is 0. The van der Waals surface area contributed by atoms with E-state index in [0.29, 0.717) is 0 Å². The maximum atomic E-state index is 2.39. The van der Waals surface area contributed by atoms with Crippen LogP contribution in [-0.2, 0) is 0 Å². The number of nitrogens with zero attached hydrogens (tertiary/aromatic N) is 3. The zero-order valence-electron chi connectivity index (χ0n) is 41.0. The van der Waals surface area contributed by atoms with E-state index >= 15 is 0 Å². The number of hydrogen-bond acceptors (Lipinski definition) is 3. The molecule has 0 N–H and O–H groups in total. The molecule has 0 saturated carbocycles. The van der Waals surface area contributed by atoms with Crippen molar-refractivity contribution in [2.24, 2.45) is 0 Å². The number of fused-ring (bicyclic) bond motifs is 1. The minimum Gasteiger partial charge on any atom is -0.310 e. The lowest BCUT2D eigenvalue weighted by molar-refractivity contribution is 1.23. The molecule has 0 radical (unpaired) electrons. The highest BCUT2D eigenvalue weighted by molar-refractivity contribution is 5.99. The van der Waals surface area contributed by atoms with Crippen LogP contribution in [-0.4, -0.2) is 0 Å². The molecule has 0 heterocycles. The third-order valence-electron chi connectivity index (χ3n) is 13.0. The Balaban J connectivity index is 0.969. The van der Waals surface area contributed by atoms with Crippen molar-refractivity contribution >= 4 is 62.0 Å². The van der Waals surface area contributed by atoms with Crippen LogP contribution in [0.5, 0.6) is 0 Å². The van der Waals surface area contributed by atoms with E-state index in [4.69, 9.17) is 0 Å². The average Bonchev–Trinajstić information content (AvgIpc) is 3.32. The predicted octanol–water partition coefficient (Wildman–Crippen LogP) is 19.1. The van der Waals surface area contributed by atoms with Gasteiger partial charge in [-0.25, -0.2) is 0 Å². The molecule has 0 saturated heterocycles. The largest absolute Gasteiger partial charge is 0.310 e. The normalized spacial score (nSPS) is 11.2. The molecule has 0 amide bonds. The fraction of sp³-hybridized carbons (Fsp3) is 0.121. The Hall–Kier alpha value is -8.14. The smallest absolute Gasteiger partial charge is 0.0540 e. The van der Waals surface area contributed by atoms with Gasteiger partial charge in [0.25, 0.3) is 0 Å². The maximum Gasteiger partial charge on any atom is 0.0540 e. The van der Waals surface area contributed by atoms with Crippen LogP contribution < -0.4 is 14.7 Å². The summed E-state index contributed by atoms with van der Waals surface area (Å²) < 4.78 is 0. The molecule has 0 spiro atoms. The first kappa shape index (κ1) is 44.7. The molecule has 0 fully saturated rings. The molecule has 0 aliphatic carbocycles. The Bertz CT molecular complexity index is 3070. The van der Waals surface area contributed by atoms with Crippen LogP contribution >= 0.6 is 0 Å². The van der Waals surface area contributed by atoms with Crippen LogP contribution in [0.2, 0.25) is 0 Å². The van der Waals surface area contributed by atoms with Gasteiger partial charge >= 0.3 is 0 Å². The first-order valence-corrected chi connectivity index (χ1v) is 24.0. The van der Waals surface area contributed by atoms with E-state index in [-0.39, 0.29) is 0 Å². The summed E-state index contributed by atoms with van der Waals surface area (Å²) in [7, 11) is 0. The minimum atomic E-state index is 1.09. The molecule has 69 heavy (non-hydrogen) atoms. The second-order valence-corrected chi connectivity index (χ2v) is 19.1. The van der Waals surface area contributed by atoms with Gasteiger partial charge in [-0.05, 0) is 231 Å². The minimum absolute atomic E-state index is 1.09. The topological polar surface area (TPSA) is 9.72 Å². The van der Waals surface area contributed by atoms with Crippen molar-refractivity contribution in [2.75, 3.05) is 14.7 Å². The summed E-state index contributed by atoms with van der Waals surface area (Å²) in [4.78, 5) is 7.15. The fourth-order valence-electron chi connectivity index (χ4n) is 10.3. The van der Waals surface area contributed by atoms with Crippen LogP contribution in [0.1, 0.15) is 44.5 Å². The van der Waals surface area contributed by atoms with Crippen LogP contribution in [0, 0.1) is 55.4 Å². The van der Waals surface area contributed by atoms with Crippen molar-refractivity contribution in [3.8, 4) is 22.3 Å². The molecule has 10 rings (SSSR count). The lowest BCUT2D eigenvalue weighted by Gasteiger charge is -2.28. The Morgan fingerprint density at radius 3 is 0.783 bits per heavy atom. The SMILES string of the molecule is Cc1cc(C)cc(N(c2ccc(-c3ccc(N(c4ccc(-c5ccc(N(c6cc(C)cc(C)c6)c6cc(C)cc(C)c6)cc5)cc4)c4cccc5ccccc45)cc3)cc2)c2cc(C)cc(C)c2)c1. The third kappa shape index (κ3) is 9.55. The van der Waals surface area contributed by atoms with Crippen molar-refractivity contribution in [3.63, 3.8) is 0 Å². The summed E-state index contributed by atoms with van der Waals surface area (Å²) in [6.45, 7) is 17.4. The van der Waals surface area contributed by atoms with Crippen LogP contribution in [0.4, 0.5) is 51.2 Å². The van der Waals surface area contributed by atoms with E-state index in [9.17, 15) is 0 Å². The van der Waals surface area contributed by atoms with Gasteiger partial charge in [-0.1, -0.05) is 109 Å². The van der Waals surface area contributed by atoms with Gasteiger partial charge in [0.05, 0.1) is 5.69 Å². The molecule has 10 aromatic carbocycles. The number of anilines is 9. The standard InChI is InChI=1S/C66H59N3/c1-44-32-45(2)37-61(36-44)67(62-38-46(3)33-47(4)39-62)57-24-16-52(17-25-57)54-20-28-59(29-21-54)69(66-15-11-13-56-12-9-10-14-65(56)66)60-30-22-55(23-31-60)53-18-26-58(27-19-53)68(63-40-48(5)34-49(6)41-63)64-42-50(7)35-51(8)43-64/h9-43H,1-8H3. The molecular weight excluding hydrogens is 835 g/mol. The van der Waals surface area contributed by atoms with Gasteiger partial charge in [0.2, 0.25) is 0 Å². The second-order valence-electron chi connectivity index (χ2n) is 19.1. The van der Waals surface area contributed by atoms with Crippen LogP contribution in [0.15, 0.2) is 212 Å². The Labute approximate surface area is 409 Å². The summed E-state index contributed by atoms with van der Waals surface area (Å²) >= 11 is 0. The van der Waals surface area contributed by atoms with Crippen LogP contribution in [0.25, 0.3) is 33.0 Å². The predicted molar refractivity (Wildman–Crippen MR) is 297 cm³/mol. The van der Waals surface area contributed by atoms with Gasteiger partial charge in [-0.2, -0.15) is 0 Å². The lowest BCUT2D eigenvalue weighted by Crippen LogP contribution is -2.11. The molecule has 0 aliphatic heterocycles. The Morgan fingerprint density at radius 2 is 0.478 bits per heavy atom. The van der Waals surface area contributed by atoms with Gasteiger partial charge in [0, 0.05) is 50.9 Å². The average molecular weight is 894 g/mol. The molecule has 338 valence electrons. The summed E-state index contributed by atoms with van der Waals surface area (Å²) in [5.41, 5.74) is 24.9. The molecule has 3 heteroatoms. The fourth-order valence-corrected chi connectivity index (χ4v) is 10.3. The summed E-state index contributed by atoms with van der Waals surface area (Å²) in [6.07, 6.45) is 0. The van der Waals surface area contributed by atoms with Crippen molar-refractivity contribution in [1.29, 1.82) is 0 Å². The van der Waals surface area contributed by atoms with Gasteiger partial charge in [-0.15, -0.1) is 0 Å². The van der Waals surface area contributed by atoms with Gasteiger partial charge < -0.3 is 14.7 Å². The molecule has 0 atom stereocenters. The van der Waals surface area contributed by atoms with Crippen molar-refractivity contribution in [1.82, 2.24) is 0 Å². The van der Waals surface area contributed by atoms with E-state index in [0.717, 1.165) is 28.4 Å². The number of benzene rings is 10. The lowest BCUT2D eigenvalue weighted by atomic mass is 10.0. The van der Waals surface area contributed by atoms with E-state index in [1.54, 1.807) is 0 Å². The monoisotopic (exact) mass is 893 g/mol. The molecule has 0 aliphatic rings. The van der Waals surface area contributed by atoms with Gasteiger partial charge in [0.15, 0.2) is 0 Å². The van der Waals surface area contributed by atoms with Crippen molar-refractivity contribution in [2.45, 2.75) is 55.4 Å². The molecule has 10 aromatic rings. The van der Waals surface area contributed by atoms with E-state index in [1.807, 2.05) is 0 Å². The highest BCUT2D eigenvalue weighted by Gasteiger charge is 2.19. The second kappa shape index (κ2) is 18.9. The summed E-state index contributed by atoms with van der Waals surface area (Å²) in [6, 6.07) is 78.5. The zero-order valence-corrected chi connectivity index (χ0v) is 41.0. The van der Waals surface area contributed by atoms with Crippen molar-refractivity contribution < 1.29 is 0 Å². The van der Waals surface area contributed by atoms with E-state index < -0.39 is 0 Å². The van der Waals surface area contributed by atoms with Crippen molar-refractivity contribution in [3.05, 3.63) is 257 Å². The zero-order chi connectivity index (χ0) is 47.8. The summed E-state index contributed by atoms with van der Waals surface area (Å²) in [5, 5.41) is 2.41. The first-order chi connectivity index (χ1) is 33.4. The van der Waals surface area contributed by atoms with E-state index in [2.05, 4.69) is 282 Å². The Morgan fingerprint density at radius 1 is 0.217 bits per heavy atom. The highest BCUT2D eigenvalue weighted by atomic mass is 15.2. The quantitative estimate of drug-likeness (QED) is 0.128. The maximum absolute atomic E-state index is 2.39. The van der Waals surface area contributed by atoms with E-state index in [1.165, 1.54) is 100 Å². The molecule has 0 aromatic heterocycles. The molecular formula is C66H59N3. The molecule has 0 unspecified atom stereocenters. The number of aryl methyl sites for hydroxylation is 8. The highest BCUT2D eigenvalue weighted by Crippen LogP contribution is 2.43. The number of hydrogen-bond donors (Lipinski definition) is 0. The molecule has 0 bridgehead atoms.